The van der Waals surface area contributed by atoms with Crippen LogP contribution in [0, 0.1) is 0 Å². The second-order valence-electron chi connectivity index (χ2n) is 5.28. The summed E-state index contributed by atoms with van der Waals surface area (Å²) in [6.45, 7) is 0. The van der Waals surface area contributed by atoms with Gasteiger partial charge in [0.1, 0.15) is 0 Å². The largest absolute Gasteiger partial charge is 0.327 e. The summed E-state index contributed by atoms with van der Waals surface area (Å²) in [7, 11) is 0.183. The molecule has 0 unspecified atom stereocenters. The lowest BCUT2D eigenvalue weighted by atomic mass is 9.99. The van der Waals surface area contributed by atoms with Crippen LogP contribution in [0.15, 0.2) is 0 Å². The Balaban J connectivity index is 1.88. The van der Waals surface area contributed by atoms with Gasteiger partial charge in [0.15, 0.2) is 0 Å². The van der Waals surface area contributed by atoms with Gasteiger partial charge in [-0.15, -0.1) is 0 Å². The lowest BCUT2D eigenvalue weighted by Gasteiger charge is -2.37. The highest BCUT2D eigenvalue weighted by molar-refractivity contribution is 7.59. The predicted molar refractivity (Wildman–Crippen MR) is 69.7 cm³/mol. The van der Waals surface area contributed by atoms with Crippen LogP contribution >= 0.6 is 7.92 Å². The molecule has 2 aliphatic rings. The van der Waals surface area contributed by atoms with Gasteiger partial charge in [0.05, 0.1) is 0 Å². The van der Waals surface area contributed by atoms with E-state index in [1.54, 1.807) is 0 Å². The quantitative estimate of drug-likeness (QED) is 0.723. The normalized spacial score (nSPS) is 26.0. The maximum absolute atomic E-state index is 6.06. The van der Waals surface area contributed by atoms with Gasteiger partial charge in [-0.05, 0) is 37.0 Å². The van der Waals surface area contributed by atoms with Crippen molar-refractivity contribution >= 4 is 7.92 Å². The van der Waals surface area contributed by atoms with Crippen molar-refractivity contribution in [2.24, 2.45) is 5.73 Å². The van der Waals surface area contributed by atoms with E-state index in [4.69, 9.17) is 5.73 Å². The van der Waals surface area contributed by atoms with E-state index in [1.165, 1.54) is 64.2 Å². The molecule has 0 spiro atoms. The number of hydrogen-bond acceptors (Lipinski definition) is 1. The molecule has 2 saturated carbocycles. The van der Waals surface area contributed by atoms with E-state index in [9.17, 15) is 0 Å². The van der Waals surface area contributed by atoms with Crippen molar-refractivity contribution < 1.29 is 0 Å². The fourth-order valence-electron chi connectivity index (χ4n) is 3.42. The van der Waals surface area contributed by atoms with Crippen molar-refractivity contribution in [3.63, 3.8) is 0 Å². The summed E-state index contributed by atoms with van der Waals surface area (Å²) in [5.41, 5.74) is 8.15. The Morgan fingerprint density at radius 2 is 1.13 bits per heavy atom. The molecule has 0 heterocycles. The molecule has 2 aliphatic carbocycles. The van der Waals surface area contributed by atoms with E-state index in [1.807, 2.05) is 0 Å². The van der Waals surface area contributed by atoms with E-state index in [0.29, 0.717) is 0 Å². The van der Waals surface area contributed by atoms with Gasteiger partial charge in [0.2, 0.25) is 0 Å². The molecule has 15 heavy (non-hydrogen) atoms. The van der Waals surface area contributed by atoms with Crippen LogP contribution in [0.3, 0.4) is 0 Å². The molecule has 0 amide bonds. The molecule has 2 fully saturated rings. The predicted octanol–water partition coefficient (Wildman–Crippen LogP) is 4.05. The van der Waals surface area contributed by atoms with E-state index < -0.39 is 0 Å². The highest BCUT2D eigenvalue weighted by Crippen LogP contribution is 2.54. The van der Waals surface area contributed by atoms with Crippen LogP contribution in [-0.2, 0) is 0 Å². The summed E-state index contributed by atoms with van der Waals surface area (Å²) in [4.78, 5) is 0. The third kappa shape index (κ3) is 3.17. The molecule has 0 saturated heterocycles. The first-order valence-corrected chi connectivity index (χ1v) is 8.54. The molecule has 0 radical (unpaired) electrons. The van der Waals surface area contributed by atoms with Crippen LogP contribution in [0.5, 0.6) is 0 Å². The van der Waals surface area contributed by atoms with Gasteiger partial charge < -0.3 is 5.73 Å². The summed E-state index contributed by atoms with van der Waals surface area (Å²) in [5, 5.41) is 0. The maximum atomic E-state index is 6.06. The van der Waals surface area contributed by atoms with E-state index >= 15 is 0 Å². The minimum atomic E-state index is 0.183. The number of hydrogen-bond donors (Lipinski definition) is 1. The molecule has 2 heteroatoms. The zero-order valence-electron chi connectivity index (χ0n) is 9.96. The summed E-state index contributed by atoms with van der Waals surface area (Å²) in [6, 6.07) is 0. The maximum Gasteiger partial charge on any atom is 0.0133 e. The Labute approximate surface area is 95.9 Å². The summed E-state index contributed by atoms with van der Waals surface area (Å²) >= 11 is 0. The summed E-state index contributed by atoms with van der Waals surface area (Å²) < 4.78 is 0. The fourth-order valence-corrected chi connectivity index (χ4v) is 6.67. The Bertz CT molecular complexity index is 153. The Morgan fingerprint density at radius 1 is 0.733 bits per heavy atom. The molecule has 0 atom stereocenters. The second-order valence-corrected chi connectivity index (χ2v) is 8.13. The highest BCUT2D eigenvalue weighted by Gasteiger charge is 2.29. The van der Waals surface area contributed by atoms with Crippen LogP contribution < -0.4 is 5.73 Å². The Hall–Kier alpha value is 0.390. The number of rotatable bonds is 3. The molecule has 88 valence electrons. The smallest absolute Gasteiger partial charge is 0.0133 e. The topological polar surface area (TPSA) is 26.0 Å². The van der Waals surface area contributed by atoms with Crippen molar-refractivity contribution in [3.05, 3.63) is 0 Å². The van der Waals surface area contributed by atoms with E-state index in [-0.39, 0.29) is 7.92 Å². The zero-order valence-corrected chi connectivity index (χ0v) is 10.9. The van der Waals surface area contributed by atoms with Gasteiger partial charge in [-0.1, -0.05) is 46.4 Å². The lowest BCUT2D eigenvalue weighted by Crippen LogP contribution is -2.24. The summed E-state index contributed by atoms with van der Waals surface area (Å²) in [5.74, 6) is 0. The van der Waals surface area contributed by atoms with Crippen LogP contribution in [0.2, 0.25) is 0 Å². The third-order valence-corrected chi connectivity index (χ3v) is 7.63. The molecule has 2 N–H and O–H groups in total. The Kier molecular flexibility index (Phi) is 4.91. The fraction of sp³-hybridized carbons (Fsp3) is 1.00. The van der Waals surface area contributed by atoms with Crippen LogP contribution in [0.1, 0.15) is 64.2 Å². The standard InChI is InChI=1S/C13H26NP/c14-11-15(12-7-3-1-4-8-12)13-9-5-2-6-10-13/h12-13H,1-11,14H2. The van der Waals surface area contributed by atoms with Crippen LogP contribution in [0.4, 0.5) is 0 Å². The van der Waals surface area contributed by atoms with Crippen molar-refractivity contribution in [2.45, 2.75) is 75.5 Å². The first-order valence-electron chi connectivity index (χ1n) is 6.87. The van der Waals surface area contributed by atoms with Crippen molar-refractivity contribution in [2.75, 3.05) is 6.29 Å². The second kappa shape index (κ2) is 6.21. The average molecular weight is 227 g/mol. The van der Waals surface area contributed by atoms with Gasteiger partial charge in [-0.3, -0.25) is 0 Å². The minimum absolute atomic E-state index is 0.183. The summed E-state index contributed by atoms with van der Waals surface area (Å²) in [6.07, 6.45) is 15.9. The molecule has 0 aromatic carbocycles. The Morgan fingerprint density at radius 3 is 1.47 bits per heavy atom. The lowest BCUT2D eigenvalue weighted by molar-refractivity contribution is 0.484. The van der Waals surface area contributed by atoms with Gasteiger partial charge in [0.25, 0.3) is 0 Å². The molecule has 0 aliphatic heterocycles. The molecule has 1 nitrogen and oxygen atoms in total. The molecule has 0 aromatic heterocycles. The monoisotopic (exact) mass is 227 g/mol. The SMILES string of the molecule is NCP(C1CCCCC1)C1CCCCC1. The van der Waals surface area contributed by atoms with Gasteiger partial charge >= 0.3 is 0 Å². The zero-order chi connectivity index (χ0) is 10.5. The molecule has 2 rings (SSSR count). The molecule has 0 aromatic rings. The van der Waals surface area contributed by atoms with E-state index in [0.717, 1.165) is 17.6 Å². The minimum Gasteiger partial charge on any atom is -0.327 e. The first kappa shape index (κ1) is 11.9. The van der Waals surface area contributed by atoms with Gasteiger partial charge in [-0.2, -0.15) is 0 Å². The van der Waals surface area contributed by atoms with Crippen molar-refractivity contribution in [1.82, 2.24) is 0 Å². The van der Waals surface area contributed by atoms with Gasteiger partial charge in [-0.25, -0.2) is 0 Å². The molecular weight excluding hydrogens is 201 g/mol. The number of nitrogens with two attached hydrogens (primary N) is 1. The highest BCUT2D eigenvalue weighted by atomic mass is 31.1. The van der Waals surface area contributed by atoms with Crippen LogP contribution in [0.25, 0.3) is 0 Å². The van der Waals surface area contributed by atoms with Gasteiger partial charge in [0, 0.05) is 6.29 Å². The van der Waals surface area contributed by atoms with Crippen molar-refractivity contribution in [3.8, 4) is 0 Å². The molecular formula is C13H26NP. The molecule has 0 bridgehead atoms. The third-order valence-electron chi connectivity index (χ3n) is 4.30. The van der Waals surface area contributed by atoms with Crippen LogP contribution in [-0.4, -0.2) is 17.6 Å². The average Bonchev–Trinajstić information content (AvgIpc) is 2.33. The van der Waals surface area contributed by atoms with Crippen molar-refractivity contribution in [1.29, 1.82) is 0 Å². The first-order chi connectivity index (χ1) is 7.42. The van der Waals surface area contributed by atoms with E-state index in [2.05, 4.69) is 0 Å².